The van der Waals surface area contributed by atoms with Crippen molar-refractivity contribution in [1.29, 1.82) is 0 Å². The third-order valence-electron chi connectivity index (χ3n) is 3.11. The average molecular weight is 314 g/mol. The molecule has 1 fully saturated rings. The lowest BCUT2D eigenvalue weighted by molar-refractivity contribution is 0.561. The van der Waals surface area contributed by atoms with Crippen molar-refractivity contribution in [1.82, 2.24) is 9.36 Å². The van der Waals surface area contributed by atoms with E-state index in [4.69, 9.17) is 0 Å². The van der Waals surface area contributed by atoms with Gasteiger partial charge in [0.2, 0.25) is 5.95 Å². The zero-order chi connectivity index (χ0) is 14.8. The first-order chi connectivity index (χ1) is 9.38. The van der Waals surface area contributed by atoms with Crippen LogP contribution in [0.5, 0.6) is 0 Å². The maximum atomic E-state index is 12.0. The van der Waals surface area contributed by atoms with Crippen molar-refractivity contribution >= 4 is 34.6 Å². The van der Waals surface area contributed by atoms with Gasteiger partial charge in [-0.15, -0.1) is 0 Å². The average Bonchev–Trinajstić information content (AvgIpc) is 2.88. The maximum absolute atomic E-state index is 12.0. The standard InChI is InChI=1S/C13H22N4OS2/c1-10(16-20(18)13(2,3)4)11-14-12(15-19-11)17-8-6-5-7-9-17/h5-9H2,1-4H3/b16-10+. The second-order valence-corrected chi connectivity index (χ2v) is 8.64. The molecule has 0 bridgehead atoms. The fraction of sp³-hybridized carbons (Fsp3) is 0.769. The Morgan fingerprint density at radius 2 is 1.95 bits per heavy atom. The highest BCUT2D eigenvalue weighted by atomic mass is 32.2. The molecule has 20 heavy (non-hydrogen) atoms. The van der Waals surface area contributed by atoms with E-state index in [-0.39, 0.29) is 4.75 Å². The molecular weight excluding hydrogens is 292 g/mol. The summed E-state index contributed by atoms with van der Waals surface area (Å²) in [5, 5.41) is 0.767. The number of anilines is 1. The van der Waals surface area contributed by atoms with Gasteiger partial charge >= 0.3 is 0 Å². The Balaban J connectivity index is 2.09. The first-order valence-electron chi connectivity index (χ1n) is 6.94. The molecule has 1 aliphatic heterocycles. The molecule has 112 valence electrons. The fourth-order valence-corrected chi connectivity index (χ4v) is 3.18. The van der Waals surface area contributed by atoms with Crippen molar-refractivity contribution in [3.8, 4) is 0 Å². The van der Waals surface area contributed by atoms with Gasteiger partial charge in [-0.3, -0.25) is 0 Å². The Bertz CT molecular complexity index is 475. The van der Waals surface area contributed by atoms with E-state index in [1.165, 1.54) is 30.8 Å². The first-order valence-corrected chi connectivity index (χ1v) is 8.82. The van der Waals surface area contributed by atoms with E-state index in [0.717, 1.165) is 24.0 Å². The molecule has 5 nitrogen and oxygen atoms in total. The van der Waals surface area contributed by atoms with Crippen LogP contribution in [0.1, 0.15) is 52.0 Å². The maximum Gasteiger partial charge on any atom is 0.237 e. The summed E-state index contributed by atoms with van der Waals surface area (Å²) < 4.78 is 20.3. The minimum Gasteiger partial charge on any atom is -0.591 e. The summed E-state index contributed by atoms with van der Waals surface area (Å²) in [4.78, 5) is 6.76. The molecule has 1 saturated heterocycles. The molecule has 0 spiro atoms. The lowest BCUT2D eigenvalue weighted by Crippen LogP contribution is -2.30. The molecular formula is C13H22N4OS2. The monoisotopic (exact) mass is 314 g/mol. The van der Waals surface area contributed by atoms with Crippen LogP contribution in [0.4, 0.5) is 5.95 Å². The molecule has 1 unspecified atom stereocenters. The Morgan fingerprint density at radius 1 is 1.30 bits per heavy atom. The summed E-state index contributed by atoms with van der Waals surface area (Å²) >= 11 is 0.0858. The zero-order valence-electron chi connectivity index (χ0n) is 12.5. The van der Waals surface area contributed by atoms with Gasteiger partial charge in [0.15, 0.2) is 5.01 Å². The van der Waals surface area contributed by atoms with Gasteiger partial charge in [-0.25, -0.2) is 0 Å². The van der Waals surface area contributed by atoms with Crippen molar-refractivity contribution in [2.75, 3.05) is 18.0 Å². The lowest BCUT2D eigenvalue weighted by atomic mass is 10.1. The van der Waals surface area contributed by atoms with Gasteiger partial charge < -0.3 is 9.45 Å². The van der Waals surface area contributed by atoms with Crippen molar-refractivity contribution < 1.29 is 4.55 Å². The van der Waals surface area contributed by atoms with Gasteiger partial charge in [-0.05, 0) is 58.5 Å². The van der Waals surface area contributed by atoms with Crippen molar-refractivity contribution in [3.63, 3.8) is 0 Å². The molecule has 0 amide bonds. The SMILES string of the molecule is C/C(=N\[S+]([O-])C(C)(C)C)c1nc(N2CCCCC2)ns1. The van der Waals surface area contributed by atoms with E-state index in [2.05, 4.69) is 18.7 Å². The van der Waals surface area contributed by atoms with E-state index in [9.17, 15) is 4.55 Å². The molecule has 0 aromatic carbocycles. The molecule has 0 N–H and O–H groups in total. The molecule has 2 heterocycles. The Labute approximate surface area is 128 Å². The minimum atomic E-state index is -1.25. The quantitative estimate of drug-likeness (QED) is 0.635. The van der Waals surface area contributed by atoms with Gasteiger partial charge in [-0.2, -0.15) is 9.36 Å². The molecule has 1 aromatic heterocycles. The topological polar surface area (TPSA) is 64.4 Å². The molecule has 2 rings (SSSR count). The number of piperidine rings is 1. The second kappa shape index (κ2) is 6.41. The highest BCUT2D eigenvalue weighted by Gasteiger charge is 2.27. The van der Waals surface area contributed by atoms with E-state index < -0.39 is 11.4 Å². The van der Waals surface area contributed by atoms with Crippen LogP contribution in [0, 0.1) is 0 Å². The summed E-state index contributed by atoms with van der Waals surface area (Å²) in [5.41, 5.74) is 0.707. The smallest absolute Gasteiger partial charge is 0.237 e. The zero-order valence-corrected chi connectivity index (χ0v) is 14.2. The van der Waals surface area contributed by atoms with E-state index in [1.807, 2.05) is 27.7 Å². The summed E-state index contributed by atoms with van der Waals surface area (Å²) in [7, 11) is 0. The van der Waals surface area contributed by atoms with Crippen LogP contribution in [0.2, 0.25) is 0 Å². The normalized spacial score (nSPS) is 19.2. The summed E-state index contributed by atoms with van der Waals surface area (Å²) in [5.74, 6) is 0.792. The largest absolute Gasteiger partial charge is 0.591 e. The molecule has 0 saturated carbocycles. The first kappa shape index (κ1) is 15.7. The molecule has 0 aliphatic carbocycles. The fourth-order valence-electron chi connectivity index (χ4n) is 1.89. The number of rotatable bonds is 3. The Kier molecular flexibility index (Phi) is 5.04. The molecule has 1 aromatic rings. The number of hydrogen-bond donors (Lipinski definition) is 0. The van der Waals surface area contributed by atoms with Crippen LogP contribution in [0.15, 0.2) is 4.40 Å². The van der Waals surface area contributed by atoms with Crippen LogP contribution in [0.3, 0.4) is 0 Å². The number of nitrogens with zero attached hydrogens (tertiary/aromatic N) is 4. The predicted octanol–water partition coefficient (Wildman–Crippen LogP) is 2.80. The summed E-state index contributed by atoms with van der Waals surface area (Å²) in [6, 6.07) is 0. The highest BCUT2D eigenvalue weighted by molar-refractivity contribution is 7.91. The molecule has 0 radical (unpaired) electrons. The van der Waals surface area contributed by atoms with Crippen molar-refractivity contribution in [2.24, 2.45) is 4.40 Å². The van der Waals surface area contributed by atoms with Crippen LogP contribution in [0.25, 0.3) is 0 Å². The van der Waals surface area contributed by atoms with E-state index >= 15 is 0 Å². The second-order valence-electron chi connectivity index (χ2n) is 5.99. The lowest BCUT2D eigenvalue weighted by Gasteiger charge is -2.25. The van der Waals surface area contributed by atoms with Gasteiger partial charge in [0.05, 0.1) is 0 Å². The van der Waals surface area contributed by atoms with Crippen LogP contribution in [-0.2, 0) is 11.4 Å². The summed E-state index contributed by atoms with van der Waals surface area (Å²) in [6.07, 6.45) is 3.70. The number of aromatic nitrogens is 2. The highest BCUT2D eigenvalue weighted by Crippen LogP contribution is 2.21. The third-order valence-corrected chi connectivity index (χ3v) is 5.41. The van der Waals surface area contributed by atoms with Crippen molar-refractivity contribution in [3.05, 3.63) is 5.01 Å². The van der Waals surface area contributed by atoms with Gasteiger partial charge in [0.25, 0.3) is 0 Å². The van der Waals surface area contributed by atoms with Gasteiger partial charge in [-0.1, -0.05) is 4.40 Å². The molecule has 7 heteroatoms. The number of hydrogen-bond acceptors (Lipinski definition) is 6. The van der Waals surface area contributed by atoms with Gasteiger partial charge in [0.1, 0.15) is 21.8 Å². The summed E-state index contributed by atoms with van der Waals surface area (Å²) in [6.45, 7) is 9.65. The van der Waals surface area contributed by atoms with Crippen LogP contribution in [-0.4, -0.2) is 37.5 Å². The van der Waals surface area contributed by atoms with Crippen molar-refractivity contribution in [2.45, 2.75) is 51.7 Å². The molecule has 1 atom stereocenters. The van der Waals surface area contributed by atoms with Crippen LogP contribution < -0.4 is 4.90 Å². The predicted molar refractivity (Wildman–Crippen MR) is 86.1 cm³/mol. The minimum absolute atomic E-state index is 0.346. The van der Waals surface area contributed by atoms with Crippen LogP contribution >= 0.6 is 11.5 Å². The Morgan fingerprint density at radius 3 is 2.55 bits per heavy atom. The molecule has 1 aliphatic rings. The van der Waals surface area contributed by atoms with E-state index in [0.29, 0.717) is 5.71 Å². The van der Waals surface area contributed by atoms with E-state index in [1.54, 1.807) is 0 Å². The van der Waals surface area contributed by atoms with Gasteiger partial charge in [0, 0.05) is 13.1 Å². The third kappa shape index (κ3) is 3.93. The Hall–Kier alpha value is -0.660.